The molecule has 2 aromatic heterocycles. The van der Waals surface area contributed by atoms with Crippen molar-refractivity contribution in [1.29, 1.82) is 0 Å². The molecule has 0 saturated heterocycles. The van der Waals surface area contributed by atoms with Gasteiger partial charge in [0.2, 0.25) is 0 Å². The van der Waals surface area contributed by atoms with Gasteiger partial charge in [0.1, 0.15) is 17.0 Å². The maximum absolute atomic E-state index is 11.8. The highest BCUT2D eigenvalue weighted by molar-refractivity contribution is 5.83. The number of carbonyl (C=O) groups excluding carboxylic acids is 1. The van der Waals surface area contributed by atoms with Gasteiger partial charge >= 0.3 is 6.09 Å². The van der Waals surface area contributed by atoms with Crippen LogP contribution in [0.1, 0.15) is 20.8 Å². The number of amides is 1. The van der Waals surface area contributed by atoms with E-state index in [2.05, 4.69) is 20.4 Å². The van der Waals surface area contributed by atoms with Gasteiger partial charge in [0.15, 0.2) is 5.82 Å². The van der Waals surface area contributed by atoms with Gasteiger partial charge < -0.3 is 9.84 Å². The minimum atomic E-state index is -0.617. The summed E-state index contributed by atoms with van der Waals surface area (Å²) < 4.78 is 6.44. The Kier molecular flexibility index (Phi) is 3.79. The van der Waals surface area contributed by atoms with E-state index in [0.717, 1.165) is 0 Å². The maximum atomic E-state index is 11.8. The second kappa shape index (κ2) is 5.39. The quantitative estimate of drug-likeness (QED) is 0.873. The zero-order valence-electron chi connectivity index (χ0n) is 12.3. The molecule has 0 unspecified atom stereocenters. The van der Waals surface area contributed by atoms with Gasteiger partial charge in [-0.15, -0.1) is 0 Å². The van der Waals surface area contributed by atoms with Crippen LogP contribution in [0.15, 0.2) is 23.3 Å². The zero-order chi connectivity index (χ0) is 15.6. The number of nitrogens with zero attached hydrogens (tertiary/aromatic N) is 3. The van der Waals surface area contributed by atoms with Crippen LogP contribution in [-0.4, -0.2) is 31.4 Å². The van der Waals surface area contributed by atoms with E-state index in [4.69, 9.17) is 4.74 Å². The lowest BCUT2D eigenvalue weighted by Crippen LogP contribution is -2.27. The second-order valence-corrected chi connectivity index (χ2v) is 5.44. The van der Waals surface area contributed by atoms with Crippen LogP contribution >= 0.6 is 0 Å². The third-order valence-electron chi connectivity index (χ3n) is 2.46. The van der Waals surface area contributed by atoms with E-state index < -0.39 is 11.7 Å². The summed E-state index contributed by atoms with van der Waals surface area (Å²) >= 11 is 0. The Bertz CT molecular complexity index is 711. The average molecular weight is 291 g/mol. The first kappa shape index (κ1) is 14.8. The third-order valence-corrected chi connectivity index (χ3v) is 2.46. The Morgan fingerprint density at radius 1 is 1.43 bits per heavy atom. The monoisotopic (exact) mass is 291 g/mol. The SMILES string of the molecule is Cn1[nH]cc(-c2nccc(NC(=O)OC(C)(C)C)n2)c1=O. The molecule has 2 aromatic rings. The minimum Gasteiger partial charge on any atom is -0.444 e. The first-order chi connectivity index (χ1) is 9.76. The fourth-order valence-corrected chi connectivity index (χ4v) is 1.59. The molecule has 2 rings (SSSR count). The molecule has 8 heteroatoms. The van der Waals surface area contributed by atoms with Crippen molar-refractivity contribution in [1.82, 2.24) is 19.7 Å². The number of rotatable bonds is 2. The van der Waals surface area contributed by atoms with Crippen molar-refractivity contribution in [2.75, 3.05) is 5.32 Å². The molecule has 0 aliphatic carbocycles. The molecule has 112 valence electrons. The van der Waals surface area contributed by atoms with E-state index in [0.29, 0.717) is 5.56 Å². The van der Waals surface area contributed by atoms with Crippen LogP contribution in [-0.2, 0) is 11.8 Å². The summed E-state index contributed by atoms with van der Waals surface area (Å²) in [5.74, 6) is 0.489. The van der Waals surface area contributed by atoms with Crippen LogP contribution < -0.4 is 10.9 Å². The molecular formula is C13H17N5O3. The molecule has 1 amide bonds. The molecule has 0 spiro atoms. The van der Waals surface area contributed by atoms with E-state index in [1.54, 1.807) is 27.8 Å². The lowest BCUT2D eigenvalue weighted by molar-refractivity contribution is 0.0635. The number of hydrogen-bond donors (Lipinski definition) is 2. The predicted molar refractivity (Wildman–Crippen MR) is 76.9 cm³/mol. The second-order valence-electron chi connectivity index (χ2n) is 5.44. The summed E-state index contributed by atoms with van der Waals surface area (Å²) in [5.41, 5.74) is -0.522. The minimum absolute atomic E-state index is 0.227. The van der Waals surface area contributed by atoms with Crippen molar-refractivity contribution in [3.05, 3.63) is 28.8 Å². The summed E-state index contributed by atoms with van der Waals surface area (Å²) in [6.45, 7) is 5.30. The number of hydrogen-bond acceptors (Lipinski definition) is 5. The Labute approximate surface area is 121 Å². The Morgan fingerprint density at radius 2 is 2.14 bits per heavy atom. The van der Waals surface area contributed by atoms with E-state index in [-0.39, 0.29) is 17.2 Å². The molecule has 2 heterocycles. The van der Waals surface area contributed by atoms with Gasteiger partial charge in [0, 0.05) is 19.4 Å². The zero-order valence-corrected chi connectivity index (χ0v) is 12.3. The van der Waals surface area contributed by atoms with E-state index in [9.17, 15) is 9.59 Å². The number of H-pyrrole nitrogens is 1. The molecule has 0 fully saturated rings. The van der Waals surface area contributed by atoms with Gasteiger partial charge in [-0.1, -0.05) is 0 Å². The summed E-state index contributed by atoms with van der Waals surface area (Å²) in [6, 6.07) is 1.52. The first-order valence-electron chi connectivity index (χ1n) is 6.34. The number of anilines is 1. The van der Waals surface area contributed by atoms with Crippen molar-refractivity contribution >= 4 is 11.9 Å². The van der Waals surface area contributed by atoms with Crippen LogP contribution in [0.25, 0.3) is 11.4 Å². The highest BCUT2D eigenvalue weighted by Crippen LogP contribution is 2.13. The van der Waals surface area contributed by atoms with Crippen LogP contribution in [0.5, 0.6) is 0 Å². The topological polar surface area (TPSA) is 102 Å². The number of carbonyl (C=O) groups is 1. The third kappa shape index (κ3) is 3.68. The average Bonchev–Trinajstić information content (AvgIpc) is 2.68. The molecule has 8 nitrogen and oxygen atoms in total. The first-order valence-corrected chi connectivity index (χ1v) is 6.34. The van der Waals surface area contributed by atoms with Gasteiger partial charge in [0.25, 0.3) is 5.56 Å². The molecule has 0 aliphatic rings. The van der Waals surface area contributed by atoms with Crippen molar-refractivity contribution < 1.29 is 9.53 Å². The molecule has 0 bridgehead atoms. The van der Waals surface area contributed by atoms with Crippen molar-refractivity contribution in [3.63, 3.8) is 0 Å². The van der Waals surface area contributed by atoms with E-state index >= 15 is 0 Å². The molecule has 0 radical (unpaired) electrons. The molecule has 0 aromatic carbocycles. The molecule has 0 atom stereocenters. The molecule has 0 saturated carbocycles. The Balaban J connectivity index is 2.21. The number of aromatic amines is 1. The van der Waals surface area contributed by atoms with Crippen LogP contribution in [0.4, 0.5) is 10.6 Å². The highest BCUT2D eigenvalue weighted by Gasteiger charge is 2.17. The molecule has 21 heavy (non-hydrogen) atoms. The molecule has 2 N–H and O–H groups in total. The van der Waals surface area contributed by atoms with Crippen LogP contribution in [0, 0.1) is 0 Å². The smallest absolute Gasteiger partial charge is 0.413 e. The number of nitrogens with one attached hydrogen (secondary N) is 2. The fourth-order valence-electron chi connectivity index (χ4n) is 1.59. The summed E-state index contributed by atoms with van der Waals surface area (Å²) in [5, 5.41) is 5.24. The summed E-state index contributed by atoms with van der Waals surface area (Å²) in [4.78, 5) is 31.7. The largest absolute Gasteiger partial charge is 0.444 e. The fraction of sp³-hybridized carbons (Fsp3) is 0.385. The highest BCUT2D eigenvalue weighted by atomic mass is 16.6. The van der Waals surface area contributed by atoms with E-state index in [1.165, 1.54) is 23.1 Å². The van der Waals surface area contributed by atoms with Gasteiger partial charge in [-0.3, -0.25) is 14.8 Å². The van der Waals surface area contributed by atoms with Crippen LogP contribution in [0.2, 0.25) is 0 Å². The van der Waals surface area contributed by atoms with Gasteiger partial charge in [-0.2, -0.15) is 0 Å². The lowest BCUT2D eigenvalue weighted by atomic mass is 10.2. The Hall–Kier alpha value is -2.64. The normalized spacial score (nSPS) is 11.2. The lowest BCUT2D eigenvalue weighted by Gasteiger charge is -2.19. The van der Waals surface area contributed by atoms with Crippen LogP contribution in [0.3, 0.4) is 0 Å². The van der Waals surface area contributed by atoms with Gasteiger partial charge in [-0.25, -0.2) is 14.8 Å². The molecule has 0 aliphatic heterocycles. The number of aryl methyl sites for hydroxylation is 1. The van der Waals surface area contributed by atoms with E-state index in [1.807, 2.05) is 0 Å². The predicted octanol–water partition coefficient (Wildman–Crippen LogP) is 1.52. The van der Waals surface area contributed by atoms with Crippen molar-refractivity contribution in [3.8, 4) is 11.4 Å². The van der Waals surface area contributed by atoms with Crippen molar-refractivity contribution in [2.24, 2.45) is 7.05 Å². The standard InChI is InChI=1S/C13H17N5O3/c1-13(2,3)21-12(20)17-9-5-6-14-10(16-9)8-7-15-18(4)11(8)19/h5-7,15H,1-4H3,(H,14,16,17,20). The van der Waals surface area contributed by atoms with Crippen molar-refractivity contribution in [2.45, 2.75) is 26.4 Å². The number of ether oxygens (including phenoxy) is 1. The maximum Gasteiger partial charge on any atom is 0.413 e. The Morgan fingerprint density at radius 3 is 2.71 bits per heavy atom. The summed E-state index contributed by atoms with van der Waals surface area (Å²) in [6.07, 6.45) is 2.35. The summed E-state index contributed by atoms with van der Waals surface area (Å²) in [7, 11) is 1.59. The van der Waals surface area contributed by atoms with Gasteiger partial charge in [-0.05, 0) is 26.8 Å². The molecular weight excluding hydrogens is 274 g/mol. The number of aromatic nitrogens is 4. The van der Waals surface area contributed by atoms with Gasteiger partial charge in [0.05, 0.1) is 0 Å².